The van der Waals surface area contributed by atoms with Crippen LogP contribution in [0.5, 0.6) is 0 Å². The zero-order chi connectivity index (χ0) is 14.5. The van der Waals surface area contributed by atoms with E-state index in [2.05, 4.69) is 9.97 Å². The number of hydrogen-bond acceptors (Lipinski definition) is 3. The van der Waals surface area contributed by atoms with Crippen LogP contribution >= 0.6 is 11.6 Å². The lowest BCUT2D eigenvalue weighted by molar-refractivity contribution is -0.147. The summed E-state index contributed by atoms with van der Waals surface area (Å²) in [6.45, 7) is 1.000. The van der Waals surface area contributed by atoms with E-state index in [-0.39, 0.29) is 16.6 Å². The standard InChI is InChI=1S/C13H8ClF3N2O/c1-6(13(15,16)17)12-18-9-7-4-2-3-5-8(7)20-10(9)11(14)19-12/h2-6H,1H3. The van der Waals surface area contributed by atoms with Crippen LogP contribution in [0.1, 0.15) is 18.7 Å². The largest absolute Gasteiger partial charge is 0.451 e. The second-order valence-corrected chi connectivity index (χ2v) is 4.77. The minimum absolute atomic E-state index is 0.114. The van der Waals surface area contributed by atoms with Gasteiger partial charge in [0.05, 0.1) is 0 Å². The molecule has 0 bridgehead atoms. The highest BCUT2D eigenvalue weighted by atomic mass is 35.5. The van der Waals surface area contributed by atoms with Gasteiger partial charge in [0.1, 0.15) is 22.8 Å². The molecular formula is C13H8ClF3N2O. The van der Waals surface area contributed by atoms with Crippen LogP contribution in [0.2, 0.25) is 5.15 Å². The van der Waals surface area contributed by atoms with E-state index in [0.717, 1.165) is 6.92 Å². The van der Waals surface area contributed by atoms with E-state index in [0.29, 0.717) is 16.5 Å². The number of aromatic nitrogens is 2. The third-order valence-electron chi connectivity index (χ3n) is 3.07. The molecule has 0 aliphatic heterocycles. The van der Waals surface area contributed by atoms with Gasteiger partial charge in [0.15, 0.2) is 10.7 Å². The molecule has 1 aromatic carbocycles. The molecule has 3 nitrogen and oxygen atoms in total. The normalized spacial score (nSPS) is 14.1. The maximum absolute atomic E-state index is 12.8. The number of hydrogen-bond donors (Lipinski definition) is 0. The lowest BCUT2D eigenvalue weighted by atomic mass is 10.1. The first-order valence-electron chi connectivity index (χ1n) is 5.79. The van der Waals surface area contributed by atoms with E-state index in [9.17, 15) is 13.2 Å². The van der Waals surface area contributed by atoms with Crippen LogP contribution in [-0.2, 0) is 0 Å². The Kier molecular flexibility index (Phi) is 2.86. The molecule has 0 spiro atoms. The summed E-state index contributed by atoms with van der Waals surface area (Å²) in [6.07, 6.45) is -4.42. The predicted molar refractivity (Wildman–Crippen MR) is 68.8 cm³/mol. The van der Waals surface area contributed by atoms with Crippen LogP contribution in [0.4, 0.5) is 13.2 Å². The molecule has 7 heteroatoms. The Morgan fingerprint density at radius 2 is 1.90 bits per heavy atom. The maximum atomic E-state index is 12.8. The SMILES string of the molecule is CC(c1nc(Cl)c2oc3ccccc3c2n1)C(F)(F)F. The first-order valence-corrected chi connectivity index (χ1v) is 6.17. The second-order valence-electron chi connectivity index (χ2n) is 4.41. The monoisotopic (exact) mass is 300 g/mol. The van der Waals surface area contributed by atoms with Crippen molar-refractivity contribution in [3.8, 4) is 0 Å². The average Bonchev–Trinajstić information content (AvgIpc) is 2.76. The smallest absolute Gasteiger partial charge is 0.398 e. The van der Waals surface area contributed by atoms with Crippen LogP contribution in [0.25, 0.3) is 22.1 Å². The molecule has 3 aromatic rings. The van der Waals surface area contributed by atoms with Crippen molar-refractivity contribution < 1.29 is 17.6 Å². The third-order valence-corrected chi connectivity index (χ3v) is 3.33. The van der Waals surface area contributed by atoms with Crippen molar-refractivity contribution in [1.82, 2.24) is 9.97 Å². The van der Waals surface area contributed by atoms with Gasteiger partial charge in [-0.2, -0.15) is 13.2 Å². The number of furan rings is 1. The van der Waals surface area contributed by atoms with Crippen molar-refractivity contribution in [1.29, 1.82) is 0 Å². The minimum atomic E-state index is -4.42. The molecule has 0 N–H and O–H groups in total. The van der Waals surface area contributed by atoms with Gasteiger partial charge in [-0.1, -0.05) is 23.7 Å². The van der Waals surface area contributed by atoms with E-state index >= 15 is 0 Å². The lowest BCUT2D eigenvalue weighted by Gasteiger charge is -2.13. The molecule has 1 unspecified atom stereocenters. The number of alkyl halides is 3. The van der Waals surface area contributed by atoms with Gasteiger partial charge in [0, 0.05) is 5.39 Å². The molecule has 2 heterocycles. The molecule has 0 radical (unpaired) electrons. The Hall–Kier alpha value is -1.82. The van der Waals surface area contributed by atoms with Crippen molar-refractivity contribution in [2.75, 3.05) is 0 Å². The fraction of sp³-hybridized carbons (Fsp3) is 0.231. The van der Waals surface area contributed by atoms with E-state index in [1.54, 1.807) is 24.3 Å². The highest BCUT2D eigenvalue weighted by Gasteiger charge is 2.39. The zero-order valence-electron chi connectivity index (χ0n) is 10.2. The molecule has 0 saturated carbocycles. The summed E-state index contributed by atoms with van der Waals surface area (Å²) < 4.78 is 43.7. The Bertz CT molecular complexity index is 797. The third kappa shape index (κ3) is 2.00. The lowest BCUT2D eigenvalue weighted by Crippen LogP contribution is -2.20. The molecule has 0 fully saturated rings. The zero-order valence-corrected chi connectivity index (χ0v) is 11.0. The summed E-state index contributed by atoms with van der Waals surface area (Å²) in [5.41, 5.74) is 1.01. The number of fused-ring (bicyclic) bond motifs is 3. The molecule has 1 atom stereocenters. The van der Waals surface area contributed by atoms with Gasteiger partial charge in [0.25, 0.3) is 0 Å². The van der Waals surface area contributed by atoms with Gasteiger partial charge in [-0.25, -0.2) is 9.97 Å². The molecule has 3 rings (SSSR count). The van der Waals surface area contributed by atoms with E-state index in [1.165, 1.54) is 0 Å². The molecule has 0 amide bonds. The summed E-state index contributed by atoms with van der Waals surface area (Å²) in [7, 11) is 0. The summed E-state index contributed by atoms with van der Waals surface area (Å²) in [5.74, 6) is -2.15. The highest BCUT2D eigenvalue weighted by molar-refractivity contribution is 6.34. The maximum Gasteiger partial charge on any atom is 0.398 e. The fourth-order valence-corrected chi connectivity index (χ4v) is 2.13. The number of halogens is 4. The Morgan fingerprint density at radius 3 is 2.60 bits per heavy atom. The van der Waals surface area contributed by atoms with E-state index < -0.39 is 12.1 Å². The first kappa shape index (κ1) is 13.2. The average molecular weight is 301 g/mol. The summed E-state index contributed by atoms with van der Waals surface area (Å²) >= 11 is 5.92. The van der Waals surface area contributed by atoms with Crippen molar-refractivity contribution in [2.45, 2.75) is 19.0 Å². The molecule has 104 valence electrons. The minimum Gasteiger partial charge on any atom is -0.451 e. The Balaban J connectivity index is 2.30. The molecular weight excluding hydrogens is 293 g/mol. The summed E-state index contributed by atoms with van der Waals surface area (Å²) in [6, 6.07) is 6.91. The number of benzene rings is 1. The summed E-state index contributed by atoms with van der Waals surface area (Å²) in [5, 5.41) is 0.500. The van der Waals surface area contributed by atoms with Crippen molar-refractivity contribution in [3.63, 3.8) is 0 Å². The Morgan fingerprint density at radius 1 is 1.20 bits per heavy atom. The molecule has 0 aliphatic rings. The Labute approximate surface area is 116 Å². The van der Waals surface area contributed by atoms with Gasteiger partial charge in [0.2, 0.25) is 0 Å². The van der Waals surface area contributed by atoms with Gasteiger partial charge < -0.3 is 4.42 Å². The quantitative estimate of drug-likeness (QED) is 0.612. The van der Waals surface area contributed by atoms with Gasteiger partial charge in [-0.3, -0.25) is 0 Å². The number of nitrogens with zero attached hydrogens (tertiary/aromatic N) is 2. The van der Waals surface area contributed by atoms with Crippen molar-refractivity contribution in [3.05, 3.63) is 35.2 Å². The van der Waals surface area contributed by atoms with Crippen LogP contribution < -0.4 is 0 Å². The van der Waals surface area contributed by atoms with Gasteiger partial charge >= 0.3 is 6.18 Å². The van der Waals surface area contributed by atoms with E-state index in [4.69, 9.17) is 16.0 Å². The van der Waals surface area contributed by atoms with Crippen LogP contribution in [0.15, 0.2) is 28.7 Å². The predicted octanol–water partition coefficient (Wildman–Crippen LogP) is 4.70. The fourth-order valence-electron chi connectivity index (χ4n) is 1.91. The second kappa shape index (κ2) is 4.34. The van der Waals surface area contributed by atoms with Crippen LogP contribution in [0.3, 0.4) is 0 Å². The molecule has 0 aliphatic carbocycles. The van der Waals surface area contributed by atoms with Crippen LogP contribution in [0, 0.1) is 0 Å². The number of rotatable bonds is 1. The highest BCUT2D eigenvalue weighted by Crippen LogP contribution is 2.36. The van der Waals surface area contributed by atoms with Crippen molar-refractivity contribution >= 4 is 33.7 Å². The molecule has 0 saturated heterocycles. The van der Waals surface area contributed by atoms with Crippen LogP contribution in [-0.4, -0.2) is 16.1 Å². The van der Waals surface area contributed by atoms with E-state index in [1.807, 2.05) is 0 Å². The van der Waals surface area contributed by atoms with Gasteiger partial charge in [-0.15, -0.1) is 0 Å². The topological polar surface area (TPSA) is 38.9 Å². The summed E-state index contributed by atoms with van der Waals surface area (Å²) in [4.78, 5) is 7.68. The molecule has 2 aromatic heterocycles. The number of para-hydroxylation sites is 1. The van der Waals surface area contributed by atoms with Crippen molar-refractivity contribution in [2.24, 2.45) is 0 Å². The first-order chi connectivity index (χ1) is 9.38. The molecule has 20 heavy (non-hydrogen) atoms. The van der Waals surface area contributed by atoms with Gasteiger partial charge in [-0.05, 0) is 19.1 Å².